The van der Waals surface area contributed by atoms with Crippen LogP contribution in [0.25, 0.3) is 0 Å². The minimum absolute atomic E-state index is 0.00591. The number of aliphatic hydroxyl groups is 1. The van der Waals surface area contributed by atoms with Crippen LogP contribution in [0.3, 0.4) is 0 Å². The highest BCUT2D eigenvalue weighted by molar-refractivity contribution is 5.27. The van der Waals surface area contributed by atoms with Crippen molar-refractivity contribution >= 4 is 0 Å². The lowest BCUT2D eigenvalue weighted by molar-refractivity contribution is 0.225. The maximum absolute atomic E-state index is 9.37. The van der Waals surface area contributed by atoms with Crippen LogP contribution < -0.4 is 10.1 Å². The van der Waals surface area contributed by atoms with Gasteiger partial charge in [-0.3, -0.25) is 0 Å². The van der Waals surface area contributed by atoms with Crippen molar-refractivity contribution in [2.24, 2.45) is 0 Å². The lowest BCUT2D eigenvalue weighted by Crippen LogP contribution is -2.23. The number of hydrogen-bond acceptors (Lipinski definition) is 4. The third kappa shape index (κ3) is 3.98. The first-order valence-corrected chi connectivity index (χ1v) is 6.53. The van der Waals surface area contributed by atoms with E-state index < -0.39 is 0 Å². The molecule has 0 aliphatic carbocycles. The molecule has 20 heavy (non-hydrogen) atoms. The van der Waals surface area contributed by atoms with E-state index in [0.717, 1.165) is 17.1 Å². The number of benzene rings is 1. The van der Waals surface area contributed by atoms with Crippen LogP contribution in [0.4, 0.5) is 0 Å². The molecule has 0 saturated heterocycles. The van der Waals surface area contributed by atoms with Gasteiger partial charge < -0.3 is 19.6 Å². The summed E-state index contributed by atoms with van der Waals surface area (Å²) in [5, 5.41) is 12.6. The van der Waals surface area contributed by atoms with Crippen LogP contribution in [-0.2, 0) is 6.54 Å². The fraction of sp³-hybridized carbons (Fsp3) is 0.250. The van der Waals surface area contributed by atoms with E-state index in [1.807, 2.05) is 36.4 Å². The summed E-state index contributed by atoms with van der Waals surface area (Å²) in [4.78, 5) is 0. The molecule has 1 aromatic heterocycles. The highest BCUT2D eigenvalue weighted by Gasteiger charge is 2.12. The lowest BCUT2D eigenvalue weighted by atomic mass is 10.2. The Morgan fingerprint density at radius 2 is 2.10 bits per heavy atom. The molecule has 1 unspecified atom stereocenters. The molecular weight excluding hydrogens is 254 g/mol. The number of hydrogen-bond donors (Lipinski definition) is 2. The van der Waals surface area contributed by atoms with Crippen LogP contribution in [0.5, 0.6) is 5.75 Å². The zero-order valence-corrected chi connectivity index (χ0v) is 11.3. The average Bonchev–Trinajstić information content (AvgIpc) is 3.01. The van der Waals surface area contributed by atoms with E-state index in [1.54, 1.807) is 12.3 Å². The van der Waals surface area contributed by atoms with Gasteiger partial charge in [-0.25, -0.2) is 0 Å². The Labute approximate surface area is 118 Å². The Morgan fingerprint density at radius 1 is 1.30 bits per heavy atom. The van der Waals surface area contributed by atoms with E-state index in [0.29, 0.717) is 13.2 Å². The van der Waals surface area contributed by atoms with Crippen molar-refractivity contribution in [3.8, 4) is 5.75 Å². The van der Waals surface area contributed by atoms with Gasteiger partial charge in [-0.15, -0.1) is 0 Å². The standard InChI is InChI=1S/C16H19NO3/c1-2-9-19-14-7-5-13(6-8-14)11-17-15(12-18)16-4-3-10-20-16/h2-8,10,15,17-18H,1,9,11-12H2. The van der Waals surface area contributed by atoms with Gasteiger partial charge in [0, 0.05) is 6.54 Å². The first-order valence-electron chi connectivity index (χ1n) is 6.53. The van der Waals surface area contributed by atoms with Gasteiger partial charge >= 0.3 is 0 Å². The molecule has 2 aromatic rings. The molecule has 1 atom stereocenters. The van der Waals surface area contributed by atoms with Gasteiger partial charge in [0.2, 0.25) is 0 Å². The first kappa shape index (κ1) is 14.4. The molecule has 2 N–H and O–H groups in total. The fourth-order valence-corrected chi connectivity index (χ4v) is 1.84. The molecule has 0 spiro atoms. The topological polar surface area (TPSA) is 54.6 Å². The minimum atomic E-state index is -0.193. The third-order valence-corrected chi connectivity index (χ3v) is 2.91. The zero-order chi connectivity index (χ0) is 14.2. The maximum Gasteiger partial charge on any atom is 0.123 e. The largest absolute Gasteiger partial charge is 0.490 e. The molecule has 0 bridgehead atoms. The number of furan rings is 1. The van der Waals surface area contributed by atoms with Crippen molar-refractivity contribution in [2.45, 2.75) is 12.6 Å². The van der Waals surface area contributed by atoms with Crippen LogP contribution in [0.2, 0.25) is 0 Å². The summed E-state index contributed by atoms with van der Waals surface area (Å²) in [7, 11) is 0. The molecule has 106 valence electrons. The highest BCUT2D eigenvalue weighted by Crippen LogP contribution is 2.15. The molecule has 0 fully saturated rings. The SMILES string of the molecule is C=CCOc1ccc(CNC(CO)c2ccco2)cc1. The van der Waals surface area contributed by atoms with E-state index >= 15 is 0 Å². The third-order valence-electron chi connectivity index (χ3n) is 2.91. The molecule has 0 radical (unpaired) electrons. The molecule has 4 nitrogen and oxygen atoms in total. The molecule has 4 heteroatoms. The summed E-state index contributed by atoms with van der Waals surface area (Å²) in [6.45, 7) is 4.75. The molecule has 0 aliphatic rings. The second kappa shape index (κ2) is 7.53. The highest BCUT2D eigenvalue weighted by atomic mass is 16.5. The molecule has 0 amide bonds. The normalized spacial score (nSPS) is 12.1. The quantitative estimate of drug-likeness (QED) is 0.726. The van der Waals surface area contributed by atoms with Crippen LogP contribution in [-0.4, -0.2) is 18.3 Å². The first-order chi connectivity index (χ1) is 9.83. The van der Waals surface area contributed by atoms with Crippen LogP contribution in [0.1, 0.15) is 17.4 Å². The molecule has 0 aliphatic heterocycles. The van der Waals surface area contributed by atoms with Crippen LogP contribution in [0.15, 0.2) is 59.7 Å². The number of ether oxygens (including phenoxy) is 1. The fourth-order valence-electron chi connectivity index (χ4n) is 1.84. The predicted octanol–water partition coefficient (Wildman–Crippen LogP) is 2.67. The van der Waals surface area contributed by atoms with Gasteiger partial charge in [0.25, 0.3) is 0 Å². The zero-order valence-electron chi connectivity index (χ0n) is 11.3. The van der Waals surface area contributed by atoms with Crippen molar-refractivity contribution in [1.82, 2.24) is 5.32 Å². The van der Waals surface area contributed by atoms with Crippen LogP contribution in [0, 0.1) is 0 Å². The van der Waals surface area contributed by atoms with E-state index in [-0.39, 0.29) is 12.6 Å². The number of rotatable bonds is 8. The maximum atomic E-state index is 9.37. The van der Waals surface area contributed by atoms with Gasteiger partial charge in [-0.1, -0.05) is 24.8 Å². The van der Waals surface area contributed by atoms with Gasteiger partial charge in [-0.2, -0.15) is 0 Å². The van der Waals surface area contributed by atoms with E-state index in [2.05, 4.69) is 11.9 Å². The molecular formula is C16H19NO3. The van der Waals surface area contributed by atoms with Gasteiger partial charge in [-0.05, 0) is 29.8 Å². The predicted molar refractivity (Wildman–Crippen MR) is 77.5 cm³/mol. The van der Waals surface area contributed by atoms with E-state index in [4.69, 9.17) is 9.15 Å². The van der Waals surface area contributed by atoms with Crippen molar-refractivity contribution in [3.63, 3.8) is 0 Å². The Bertz CT molecular complexity index is 505. The van der Waals surface area contributed by atoms with Crippen molar-refractivity contribution in [1.29, 1.82) is 0 Å². The average molecular weight is 273 g/mol. The summed E-state index contributed by atoms with van der Waals surface area (Å²) in [5.74, 6) is 1.55. The Balaban J connectivity index is 1.88. The van der Waals surface area contributed by atoms with Gasteiger partial charge in [0.05, 0.1) is 18.9 Å². The van der Waals surface area contributed by atoms with Crippen molar-refractivity contribution in [2.75, 3.05) is 13.2 Å². The molecule has 1 heterocycles. The van der Waals surface area contributed by atoms with E-state index in [1.165, 1.54) is 0 Å². The molecule has 1 aromatic carbocycles. The summed E-state index contributed by atoms with van der Waals surface area (Å²) in [5.41, 5.74) is 1.11. The number of nitrogens with one attached hydrogen (secondary N) is 1. The second-order valence-electron chi connectivity index (χ2n) is 4.38. The summed E-state index contributed by atoms with van der Waals surface area (Å²) < 4.78 is 10.7. The van der Waals surface area contributed by atoms with Gasteiger partial charge in [0.1, 0.15) is 18.1 Å². The molecule has 2 rings (SSSR count). The van der Waals surface area contributed by atoms with Crippen molar-refractivity contribution in [3.05, 3.63) is 66.6 Å². The number of aliphatic hydroxyl groups excluding tert-OH is 1. The monoisotopic (exact) mass is 273 g/mol. The van der Waals surface area contributed by atoms with Gasteiger partial charge in [0.15, 0.2) is 0 Å². The Kier molecular flexibility index (Phi) is 5.41. The lowest BCUT2D eigenvalue weighted by Gasteiger charge is -2.14. The summed E-state index contributed by atoms with van der Waals surface area (Å²) >= 11 is 0. The van der Waals surface area contributed by atoms with E-state index in [9.17, 15) is 5.11 Å². The minimum Gasteiger partial charge on any atom is -0.490 e. The Morgan fingerprint density at radius 3 is 2.70 bits per heavy atom. The van der Waals surface area contributed by atoms with Crippen molar-refractivity contribution < 1.29 is 14.3 Å². The smallest absolute Gasteiger partial charge is 0.123 e. The summed E-state index contributed by atoms with van der Waals surface area (Å²) in [6.07, 6.45) is 3.32. The van der Waals surface area contributed by atoms with Crippen LogP contribution >= 0.6 is 0 Å². The Hall–Kier alpha value is -2.04. The molecule has 0 saturated carbocycles. The second-order valence-corrected chi connectivity index (χ2v) is 4.38. The summed E-state index contributed by atoms with van der Waals surface area (Å²) in [6, 6.07) is 11.3.